The van der Waals surface area contributed by atoms with Crippen LogP contribution in [0.25, 0.3) is 0 Å². The van der Waals surface area contributed by atoms with Gasteiger partial charge >= 0.3 is 5.97 Å². The maximum atomic E-state index is 11.2. The summed E-state index contributed by atoms with van der Waals surface area (Å²) in [5.41, 5.74) is 0.179. The van der Waals surface area contributed by atoms with E-state index in [1.54, 1.807) is 6.07 Å². The molecule has 0 saturated heterocycles. The Morgan fingerprint density at radius 1 is 1.44 bits per heavy atom. The summed E-state index contributed by atoms with van der Waals surface area (Å²) in [6.45, 7) is 2.69. The lowest BCUT2D eigenvalue weighted by molar-refractivity contribution is -0.121. The van der Waals surface area contributed by atoms with E-state index >= 15 is 0 Å². The van der Waals surface area contributed by atoms with Gasteiger partial charge < -0.3 is 15.2 Å². The Kier molecular flexibility index (Phi) is 5.64. The summed E-state index contributed by atoms with van der Waals surface area (Å²) < 4.78 is 5.94. The van der Waals surface area contributed by atoms with Crippen molar-refractivity contribution in [3.8, 4) is 5.75 Å². The third-order valence-corrected chi connectivity index (χ3v) is 2.76. The van der Waals surface area contributed by atoms with Gasteiger partial charge in [0.05, 0.1) is 23.1 Å². The fourth-order valence-electron chi connectivity index (χ4n) is 1.29. The third-order valence-electron chi connectivity index (χ3n) is 2.14. The summed E-state index contributed by atoms with van der Waals surface area (Å²) in [5.74, 6) is -0.551. The predicted octanol–water partition coefficient (Wildman–Crippen LogP) is 2.05. The SMILES string of the molecule is CCNC(=O)CCOc1ccc(C(=O)O)cc1Br. The van der Waals surface area contributed by atoms with Gasteiger partial charge in [-0.15, -0.1) is 0 Å². The average Bonchev–Trinajstić information content (AvgIpc) is 2.31. The van der Waals surface area contributed by atoms with Crippen LogP contribution in [0.1, 0.15) is 23.7 Å². The summed E-state index contributed by atoms with van der Waals surface area (Å²) in [4.78, 5) is 21.9. The van der Waals surface area contributed by atoms with Crippen LogP contribution >= 0.6 is 15.9 Å². The van der Waals surface area contributed by atoms with E-state index in [4.69, 9.17) is 9.84 Å². The minimum absolute atomic E-state index is 0.0734. The Labute approximate surface area is 113 Å². The number of hydrogen-bond acceptors (Lipinski definition) is 3. The molecule has 0 atom stereocenters. The molecule has 0 aliphatic rings. The quantitative estimate of drug-likeness (QED) is 0.842. The maximum absolute atomic E-state index is 11.2. The summed E-state index contributed by atoms with van der Waals surface area (Å²) in [7, 11) is 0. The Morgan fingerprint density at radius 3 is 2.72 bits per heavy atom. The second-order valence-electron chi connectivity index (χ2n) is 3.50. The minimum atomic E-state index is -0.996. The lowest BCUT2D eigenvalue weighted by Gasteiger charge is -2.08. The first kappa shape index (κ1) is 14.5. The maximum Gasteiger partial charge on any atom is 0.335 e. The number of aromatic carboxylic acids is 1. The number of hydrogen-bond donors (Lipinski definition) is 2. The summed E-state index contributed by atoms with van der Waals surface area (Å²) >= 11 is 3.22. The van der Waals surface area contributed by atoms with Crippen molar-refractivity contribution < 1.29 is 19.4 Å². The molecule has 5 nitrogen and oxygen atoms in total. The van der Waals surface area contributed by atoms with Crippen molar-refractivity contribution in [1.82, 2.24) is 5.32 Å². The van der Waals surface area contributed by atoms with Crippen molar-refractivity contribution in [2.24, 2.45) is 0 Å². The number of benzene rings is 1. The molecule has 0 aliphatic heterocycles. The average molecular weight is 316 g/mol. The highest BCUT2D eigenvalue weighted by atomic mass is 79.9. The zero-order valence-corrected chi connectivity index (χ0v) is 11.5. The molecule has 0 heterocycles. The highest BCUT2D eigenvalue weighted by Crippen LogP contribution is 2.26. The molecule has 1 rings (SSSR count). The van der Waals surface area contributed by atoms with Crippen LogP contribution in [0.4, 0.5) is 0 Å². The van der Waals surface area contributed by atoms with Crippen molar-refractivity contribution >= 4 is 27.8 Å². The number of nitrogens with one attached hydrogen (secondary N) is 1. The first-order valence-electron chi connectivity index (χ1n) is 5.47. The topological polar surface area (TPSA) is 75.6 Å². The van der Waals surface area contributed by atoms with Crippen LogP contribution in [0.15, 0.2) is 22.7 Å². The zero-order chi connectivity index (χ0) is 13.5. The van der Waals surface area contributed by atoms with Crippen LogP contribution in [0.5, 0.6) is 5.75 Å². The molecule has 0 fully saturated rings. The molecule has 18 heavy (non-hydrogen) atoms. The largest absolute Gasteiger partial charge is 0.492 e. The fourth-order valence-corrected chi connectivity index (χ4v) is 1.78. The molecule has 1 aromatic rings. The van der Waals surface area contributed by atoms with Crippen LogP contribution in [0, 0.1) is 0 Å². The predicted molar refractivity (Wildman–Crippen MR) is 69.9 cm³/mol. The molecule has 0 aliphatic carbocycles. The van der Waals surface area contributed by atoms with Gasteiger partial charge in [0.25, 0.3) is 0 Å². The molecular formula is C12H14BrNO4. The van der Waals surface area contributed by atoms with E-state index in [1.165, 1.54) is 12.1 Å². The summed E-state index contributed by atoms with van der Waals surface area (Å²) in [6.07, 6.45) is 0.265. The first-order valence-corrected chi connectivity index (χ1v) is 6.26. The molecule has 98 valence electrons. The lowest BCUT2D eigenvalue weighted by Crippen LogP contribution is -2.24. The van der Waals surface area contributed by atoms with Gasteiger partial charge in [-0.1, -0.05) is 0 Å². The first-order chi connectivity index (χ1) is 8.54. The number of carbonyl (C=O) groups excluding carboxylic acids is 1. The standard InChI is InChI=1S/C12H14BrNO4/c1-2-14-11(15)5-6-18-10-4-3-8(12(16)17)7-9(10)13/h3-4,7H,2,5-6H2,1H3,(H,14,15)(H,16,17). The molecular weight excluding hydrogens is 302 g/mol. The smallest absolute Gasteiger partial charge is 0.335 e. The normalized spacial score (nSPS) is 9.89. The number of ether oxygens (including phenoxy) is 1. The number of amides is 1. The van der Waals surface area contributed by atoms with E-state index in [2.05, 4.69) is 21.2 Å². The molecule has 0 unspecified atom stereocenters. The molecule has 2 N–H and O–H groups in total. The van der Waals surface area contributed by atoms with Gasteiger partial charge in [-0.25, -0.2) is 4.79 Å². The third kappa shape index (κ3) is 4.37. The number of carbonyl (C=O) groups is 2. The van der Waals surface area contributed by atoms with Gasteiger partial charge in [-0.05, 0) is 41.1 Å². The van der Waals surface area contributed by atoms with Crippen LogP contribution in [-0.4, -0.2) is 30.1 Å². The van der Waals surface area contributed by atoms with Crippen molar-refractivity contribution in [2.45, 2.75) is 13.3 Å². The summed E-state index contributed by atoms with van der Waals surface area (Å²) in [6, 6.07) is 4.48. The number of carboxylic acids is 1. The van der Waals surface area contributed by atoms with Gasteiger partial charge in [0.1, 0.15) is 5.75 Å². The van der Waals surface area contributed by atoms with Gasteiger partial charge in [-0.2, -0.15) is 0 Å². The van der Waals surface area contributed by atoms with Gasteiger partial charge in [0, 0.05) is 6.54 Å². The number of rotatable bonds is 6. The van der Waals surface area contributed by atoms with Crippen LogP contribution in [0.3, 0.4) is 0 Å². The van der Waals surface area contributed by atoms with Crippen LogP contribution < -0.4 is 10.1 Å². The summed E-state index contributed by atoms with van der Waals surface area (Å²) in [5, 5.41) is 11.5. The molecule has 0 bridgehead atoms. The second-order valence-corrected chi connectivity index (χ2v) is 4.36. The van der Waals surface area contributed by atoms with Gasteiger partial charge in [-0.3, -0.25) is 4.79 Å². The van der Waals surface area contributed by atoms with Crippen molar-refractivity contribution in [3.63, 3.8) is 0 Å². The van der Waals surface area contributed by atoms with Gasteiger partial charge in [0.2, 0.25) is 5.91 Å². The monoisotopic (exact) mass is 315 g/mol. The molecule has 1 amide bonds. The molecule has 0 saturated carbocycles. The number of carboxylic acid groups (broad SMARTS) is 1. The van der Waals surface area contributed by atoms with E-state index < -0.39 is 5.97 Å². The van der Waals surface area contributed by atoms with E-state index in [-0.39, 0.29) is 24.5 Å². The van der Waals surface area contributed by atoms with Crippen LogP contribution in [0.2, 0.25) is 0 Å². The molecule has 0 radical (unpaired) electrons. The Balaban J connectivity index is 2.53. The van der Waals surface area contributed by atoms with E-state index in [0.717, 1.165) is 0 Å². The Morgan fingerprint density at radius 2 is 2.17 bits per heavy atom. The second kappa shape index (κ2) is 7.00. The Bertz CT molecular complexity index is 448. The highest BCUT2D eigenvalue weighted by molar-refractivity contribution is 9.10. The van der Waals surface area contributed by atoms with Crippen molar-refractivity contribution in [3.05, 3.63) is 28.2 Å². The van der Waals surface area contributed by atoms with Gasteiger partial charge in [0.15, 0.2) is 0 Å². The van der Waals surface area contributed by atoms with Crippen LogP contribution in [-0.2, 0) is 4.79 Å². The number of halogens is 1. The fraction of sp³-hybridized carbons (Fsp3) is 0.333. The molecule has 0 spiro atoms. The Hall–Kier alpha value is -1.56. The lowest BCUT2D eigenvalue weighted by atomic mass is 10.2. The molecule has 1 aromatic carbocycles. The molecule has 6 heteroatoms. The minimum Gasteiger partial charge on any atom is -0.492 e. The van der Waals surface area contributed by atoms with E-state index in [1.807, 2.05) is 6.92 Å². The van der Waals surface area contributed by atoms with E-state index in [9.17, 15) is 9.59 Å². The zero-order valence-electron chi connectivity index (χ0n) is 9.90. The van der Waals surface area contributed by atoms with Crippen molar-refractivity contribution in [2.75, 3.05) is 13.2 Å². The van der Waals surface area contributed by atoms with Crippen molar-refractivity contribution in [1.29, 1.82) is 0 Å². The highest BCUT2D eigenvalue weighted by Gasteiger charge is 2.08. The molecule has 0 aromatic heterocycles. The van der Waals surface area contributed by atoms with E-state index in [0.29, 0.717) is 16.8 Å².